The van der Waals surface area contributed by atoms with E-state index in [9.17, 15) is 19.2 Å². The Morgan fingerprint density at radius 2 is 1.93 bits per heavy atom. The molecule has 6 rings (SSSR count). The summed E-state index contributed by atoms with van der Waals surface area (Å²) in [7, 11) is 0. The van der Waals surface area contributed by atoms with E-state index in [2.05, 4.69) is 15.6 Å². The number of nitrogens with one attached hydrogen (secondary N) is 2. The fourth-order valence-corrected chi connectivity index (χ4v) is 5.64. The number of carbonyl (C=O) groups is 2. The second-order valence-electron chi connectivity index (χ2n) is 11.6. The largest absolute Gasteiger partial charge is 0.441 e. The van der Waals surface area contributed by atoms with Gasteiger partial charge < -0.3 is 20.0 Å². The molecule has 2 N–H and O–H groups in total. The zero-order valence-corrected chi connectivity index (χ0v) is 23.8. The first-order chi connectivity index (χ1) is 20.1. The molecule has 1 saturated carbocycles. The van der Waals surface area contributed by atoms with Crippen LogP contribution in [0.3, 0.4) is 0 Å². The van der Waals surface area contributed by atoms with Crippen LogP contribution in [0.15, 0.2) is 44.3 Å². The topological polar surface area (TPSA) is 131 Å². The van der Waals surface area contributed by atoms with Crippen molar-refractivity contribution in [2.24, 2.45) is 5.92 Å². The number of anilines is 1. The predicted molar refractivity (Wildman–Crippen MR) is 155 cm³/mol. The number of amides is 3. The molecule has 1 unspecified atom stereocenters. The number of benzene rings is 2. The molecule has 3 heterocycles. The number of piperidine rings is 1. The first kappa shape index (κ1) is 27.7. The molecule has 3 amide bonds. The van der Waals surface area contributed by atoms with Crippen molar-refractivity contribution in [2.75, 3.05) is 18.4 Å². The summed E-state index contributed by atoms with van der Waals surface area (Å²) in [5, 5.41) is 5.76. The van der Waals surface area contributed by atoms with Crippen LogP contribution in [0.1, 0.15) is 61.8 Å². The van der Waals surface area contributed by atoms with Gasteiger partial charge in [0.2, 0.25) is 0 Å². The Bertz CT molecular complexity index is 1840. The Morgan fingerprint density at radius 3 is 2.67 bits per heavy atom. The van der Waals surface area contributed by atoms with Gasteiger partial charge >= 0.3 is 11.7 Å². The van der Waals surface area contributed by atoms with E-state index in [4.69, 9.17) is 4.42 Å². The summed E-state index contributed by atoms with van der Waals surface area (Å²) in [6.07, 6.45) is 3.25. The van der Waals surface area contributed by atoms with E-state index < -0.39 is 23.1 Å². The van der Waals surface area contributed by atoms with Gasteiger partial charge in [0.25, 0.3) is 11.5 Å². The third kappa shape index (κ3) is 5.28. The van der Waals surface area contributed by atoms with Gasteiger partial charge in [-0.05, 0) is 69.7 Å². The van der Waals surface area contributed by atoms with Crippen molar-refractivity contribution in [1.82, 2.24) is 24.3 Å². The Balaban J connectivity index is 1.20. The second-order valence-corrected chi connectivity index (χ2v) is 11.6. The molecule has 0 radical (unpaired) electrons. The van der Waals surface area contributed by atoms with Crippen LogP contribution < -0.4 is 21.9 Å². The van der Waals surface area contributed by atoms with Crippen molar-refractivity contribution in [3.05, 3.63) is 68.4 Å². The number of aryl methyl sites for hydroxylation is 1. The lowest BCUT2D eigenvalue weighted by molar-refractivity contribution is 0.0913. The van der Waals surface area contributed by atoms with E-state index >= 15 is 4.39 Å². The molecule has 2 aliphatic rings. The first-order valence-corrected chi connectivity index (χ1v) is 14.3. The smallest absolute Gasteiger partial charge is 0.331 e. The van der Waals surface area contributed by atoms with E-state index in [-0.39, 0.29) is 47.0 Å². The van der Waals surface area contributed by atoms with E-state index in [1.807, 2.05) is 0 Å². The maximum Gasteiger partial charge on any atom is 0.331 e. The highest BCUT2D eigenvalue weighted by molar-refractivity contribution is 5.97. The molecule has 1 saturated heterocycles. The number of nitrogens with zero attached hydrogens (tertiary/aromatic N) is 4. The molecule has 2 fully saturated rings. The van der Waals surface area contributed by atoms with Gasteiger partial charge in [0.1, 0.15) is 11.3 Å². The molecule has 4 aromatic rings. The van der Waals surface area contributed by atoms with Crippen LogP contribution in [0, 0.1) is 18.7 Å². The highest BCUT2D eigenvalue weighted by Crippen LogP contribution is 2.30. The van der Waals surface area contributed by atoms with Crippen molar-refractivity contribution in [3.63, 3.8) is 0 Å². The lowest BCUT2D eigenvalue weighted by Gasteiger charge is -2.33. The average molecular weight is 577 g/mol. The second kappa shape index (κ2) is 10.7. The quantitative estimate of drug-likeness (QED) is 0.354. The van der Waals surface area contributed by atoms with Crippen LogP contribution in [-0.4, -0.2) is 50.1 Å². The number of hydrogen-bond acceptors (Lipinski definition) is 6. The Morgan fingerprint density at radius 1 is 1.14 bits per heavy atom. The van der Waals surface area contributed by atoms with Gasteiger partial charge in [-0.15, -0.1) is 0 Å². The molecule has 1 aliphatic heterocycles. The molecule has 1 atom stereocenters. The maximum atomic E-state index is 15.3. The summed E-state index contributed by atoms with van der Waals surface area (Å²) in [5.74, 6) is -0.235. The van der Waals surface area contributed by atoms with E-state index in [0.29, 0.717) is 48.5 Å². The van der Waals surface area contributed by atoms with Gasteiger partial charge in [0.05, 0.1) is 16.6 Å². The van der Waals surface area contributed by atoms with Crippen LogP contribution in [-0.2, 0) is 6.54 Å². The number of hydrogen-bond donors (Lipinski definition) is 2. The van der Waals surface area contributed by atoms with E-state index in [1.54, 1.807) is 39.0 Å². The number of urea groups is 1. The lowest BCUT2D eigenvalue weighted by atomic mass is 10.1. The molecule has 11 nitrogen and oxygen atoms in total. The van der Waals surface area contributed by atoms with E-state index in [0.717, 1.165) is 18.9 Å². The van der Waals surface area contributed by atoms with Crippen molar-refractivity contribution in [3.8, 4) is 0 Å². The molecule has 2 aromatic carbocycles. The fraction of sp³-hybridized carbons (Fsp3) is 0.433. The van der Waals surface area contributed by atoms with Gasteiger partial charge in [-0.25, -0.2) is 19.0 Å². The number of likely N-dealkylation sites (tertiary alicyclic amines) is 1. The monoisotopic (exact) mass is 576 g/mol. The molecule has 0 spiro atoms. The van der Waals surface area contributed by atoms with Gasteiger partial charge in [-0.3, -0.25) is 18.7 Å². The Kier molecular flexibility index (Phi) is 7.07. The van der Waals surface area contributed by atoms with Crippen molar-refractivity contribution in [1.29, 1.82) is 0 Å². The number of rotatable bonds is 6. The van der Waals surface area contributed by atoms with Crippen LogP contribution >= 0.6 is 0 Å². The Labute approximate surface area is 240 Å². The zero-order chi connectivity index (χ0) is 29.7. The summed E-state index contributed by atoms with van der Waals surface area (Å²) >= 11 is 0. The van der Waals surface area contributed by atoms with Gasteiger partial charge in [-0.2, -0.15) is 0 Å². The van der Waals surface area contributed by atoms with Crippen molar-refractivity contribution >= 4 is 39.6 Å². The van der Waals surface area contributed by atoms with Crippen LogP contribution in [0.2, 0.25) is 0 Å². The number of halogens is 1. The molecule has 1 aliphatic carbocycles. The summed E-state index contributed by atoms with van der Waals surface area (Å²) in [6, 6.07) is 6.34. The van der Waals surface area contributed by atoms with Gasteiger partial charge in [0, 0.05) is 50.3 Å². The third-order valence-corrected chi connectivity index (χ3v) is 7.95. The summed E-state index contributed by atoms with van der Waals surface area (Å²) in [4.78, 5) is 58.4. The van der Waals surface area contributed by atoms with Crippen molar-refractivity contribution < 1.29 is 18.4 Å². The minimum Gasteiger partial charge on any atom is -0.441 e. The maximum absolute atomic E-state index is 15.3. The van der Waals surface area contributed by atoms with Crippen LogP contribution in [0.5, 0.6) is 0 Å². The molecule has 2 aromatic heterocycles. The highest BCUT2D eigenvalue weighted by Gasteiger charge is 2.28. The fourth-order valence-electron chi connectivity index (χ4n) is 5.64. The SMILES string of the molecule is Cc1nc2cc(C(=O)NC3CCCN(C(=O)Nc4cc5c(=O)n(CC6CC6)c(=O)n(C(C)C)c5cc4F)C3)ccc2o1. The minimum absolute atomic E-state index is 0.140. The highest BCUT2D eigenvalue weighted by atomic mass is 19.1. The normalized spacial score (nSPS) is 17.3. The van der Waals surface area contributed by atoms with Crippen LogP contribution in [0.25, 0.3) is 22.0 Å². The molecular weight excluding hydrogens is 543 g/mol. The molecule has 0 bridgehead atoms. The average Bonchev–Trinajstić information content (AvgIpc) is 3.69. The molecule has 220 valence electrons. The van der Waals surface area contributed by atoms with Gasteiger partial charge in [-0.1, -0.05) is 0 Å². The third-order valence-electron chi connectivity index (χ3n) is 7.95. The number of carbonyl (C=O) groups excluding carboxylic acids is 2. The van der Waals surface area contributed by atoms with Crippen LogP contribution in [0.4, 0.5) is 14.9 Å². The number of oxazole rings is 1. The summed E-state index contributed by atoms with van der Waals surface area (Å²) in [6.45, 7) is 6.34. The summed E-state index contributed by atoms with van der Waals surface area (Å²) < 4.78 is 23.4. The zero-order valence-electron chi connectivity index (χ0n) is 23.8. The number of aromatic nitrogens is 3. The van der Waals surface area contributed by atoms with E-state index in [1.165, 1.54) is 20.1 Å². The predicted octanol–water partition coefficient (Wildman–Crippen LogP) is 4.17. The number of fused-ring (bicyclic) bond motifs is 2. The molecule has 12 heteroatoms. The minimum atomic E-state index is -0.746. The summed E-state index contributed by atoms with van der Waals surface area (Å²) in [5.41, 5.74) is 0.729. The molecule has 42 heavy (non-hydrogen) atoms. The molecular formula is C30H33FN6O5. The van der Waals surface area contributed by atoms with Gasteiger partial charge in [0.15, 0.2) is 11.5 Å². The van der Waals surface area contributed by atoms with Crippen molar-refractivity contribution in [2.45, 2.75) is 65.1 Å². The lowest BCUT2D eigenvalue weighted by Crippen LogP contribution is -2.50. The standard InChI is InChI=1S/C30H33FN6O5/c1-16(2)37-25-13-22(31)23(12-21(25)28(39)36(30(37)41)14-18-6-7-18)34-29(40)35-10-4-5-20(15-35)33-27(38)19-8-9-26-24(11-19)32-17(3)42-26/h8-9,11-13,16,18,20H,4-7,10,14-15H2,1-3H3,(H,33,38)(H,34,40). The first-order valence-electron chi connectivity index (χ1n) is 14.3. The Hall–Kier alpha value is -4.48.